The monoisotopic (exact) mass is 220 g/mol. The van der Waals surface area contributed by atoms with Gasteiger partial charge in [0.1, 0.15) is 0 Å². The molecule has 1 heterocycles. The molecular formula is C11H12N2OS. The van der Waals surface area contributed by atoms with Gasteiger partial charge < -0.3 is 5.21 Å². The van der Waals surface area contributed by atoms with Crippen LogP contribution in [0, 0.1) is 0 Å². The van der Waals surface area contributed by atoms with Crippen LogP contribution in [-0.4, -0.2) is 10.2 Å². The molecule has 0 unspecified atom stereocenters. The van der Waals surface area contributed by atoms with Crippen molar-refractivity contribution in [2.75, 3.05) is 0 Å². The summed E-state index contributed by atoms with van der Waals surface area (Å²) in [4.78, 5) is 4.66. The fourth-order valence-corrected chi connectivity index (χ4v) is 2.94. The number of nitrogens with one attached hydrogen (secondary N) is 1. The Labute approximate surface area is 91.7 Å². The van der Waals surface area contributed by atoms with Crippen LogP contribution >= 0.6 is 11.3 Å². The molecule has 4 heteroatoms. The Morgan fingerprint density at radius 3 is 3.07 bits per heavy atom. The number of hydroxylamine groups is 1. The number of thiazole rings is 1. The maximum absolute atomic E-state index is 8.73. The summed E-state index contributed by atoms with van der Waals surface area (Å²) in [5, 5.41) is 9.99. The molecule has 1 fully saturated rings. The van der Waals surface area contributed by atoms with Gasteiger partial charge in [-0.3, -0.25) is 0 Å². The minimum atomic E-state index is 0.463. The van der Waals surface area contributed by atoms with Gasteiger partial charge in [-0.1, -0.05) is 12.1 Å². The van der Waals surface area contributed by atoms with E-state index < -0.39 is 0 Å². The van der Waals surface area contributed by atoms with Crippen molar-refractivity contribution in [1.29, 1.82) is 0 Å². The highest BCUT2D eigenvalue weighted by Gasteiger charge is 2.27. The molecule has 2 aromatic rings. The number of rotatable bonds is 3. The van der Waals surface area contributed by atoms with Gasteiger partial charge in [0.2, 0.25) is 0 Å². The maximum atomic E-state index is 8.73. The van der Waals surface area contributed by atoms with Crippen molar-refractivity contribution in [3.63, 3.8) is 0 Å². The first-order valence-corrected chi connectivity index (χ1v) is 5.95. The van der Waals surface area contributed by atoms with Crippen LogP contribution in [0.2, 0.25) is 0 Å². The molecule has 1 aliphatic rings. The summed E-state index contributed by atoms with van der Waals surface area (Å²) in [5.74, 6) is 0.706. The molecule has 0 bridgehead atoms. The molecule has 0 aliphatic heterocycles. The second-order valence-corrected chi connectivity index (χ2v) is 4.99. The molecule has 0 amide bonds. The summed E-state index contributed by atoms with van der Waals surface area (Å²) in [6.07, 6.45) is 2.57. The quantitative estimate of drug-likeness (QED) is 0.782. The van der Waals surface area contributed by atoms with E-state index in [1.165, 1.54) is 22.5 Å². The van der Waals surface area contributed by atoms with Crippen molar-refractivity contribution in [2.45, 2.75) is 25.3 Å². The highest BCUT2D eigenvalue weighted by atomic mass is 32.1. The molecule has 1 aliphatic carbocycles. The lowest BCUT2D eigenvalue weighted by Crippen LogP contribution is -2.06. The third-order valence-electron chi connectivity index (χ3n) is 2.72. The van der Waals surface area contributed by atoms with E-state index in [0.717, 1.165) is 11.1 Å². The summed E-state index contributed by atoms with van der Waals surface area (Å²) < 4.78 is 1.23. The van der Waals surface area contributed by atoms with E-state index in [-0.39, 0.29) is 0 Å². The van der Waals surface area contributed by atoms with E-state index in [1.807, 2.05) is 12.1 Å². The molecular weight excluding hydrogens is 208 g/mol. The van der Waals surface area contributed by atoms with Crippen LogP contribution in [0.25, 0.3) is 10.2 Å². The van der Waals surface area contributed by atoms with Crippen molar-refractivity contribution in [2.24, 2.45) is 0 Å². The smallest absolute Gasteiger partial charge is 0.0969 e. The lowest BCUT2D eigenvalue weighted by Gasteiger charge is -1.98. The molecule has 1 aromatic heterocycles. The number of hydrogen-bond donors (Lipinski definition) is 2. The predicted molar refractivity (Wildman–Crippen MR) is 60.2 cm³/mol. The van der Waals surface area contributed by atoms with Gasteiger partial charge in [0.25, 0.3) is 0 Å². The fourth-order valence-electron chi connectivity index (χ4n) is 1.76. The first-order valence-electron chi connectivity index (χ1n) is 5.14. The zero-order chi connectivity index (χ0) is 10.3. The number of benzene rings is 1. The molecule has 3 rings (SSSR count). The average molecular weight is 220 g/mol. The minimum absolute atomic E-state index is 0.463. The molecule has 1 aromatic carbocycles. The molecule has 0 atom stereocenters. The number of aromatic nitrogens is 1. The second kappa shape index (κ2) is 3.56. The molecule has 3 nitrogen and oxygen atoms in total. The maximum Gasteiger partial charge on any atom is 0.0969 e. The second-order valence-electron chi connectivity index (χ2n) is 3.93. The van der Waals surface area contributed by atoms with Crippen molar-refractivity contribution >= 4 is 21.6 Å². The standard InChI is InChI=1S/C11H12N2OS/c14-12-6-8-2-1-3-9-10(8)13-11(15-9)7-4-5-7/h1-3,7,12,14H,4-6H2. The van der Waals surface area contributed by atoms with Gasteiger partial charge >= 0.3 is 0 Å². The van der Waals surface area contributed by atoms with Crippen LogP contribution in [0.1, 0.15) is 29.3 Å². The summed E-state index contributed by atoms with van der Waals surface area (Å²) in [6.45, 7) is 0.463. The molecule has 0 radical (unpaired) electrons. The molecule has 2 N–H and O–H groups in total. The summed E-state index contributed by atoms with van der Waals surface area (Å²) in [5.41, 5.74) is 4.31. The Bertz CT molecular complexity index is 490. The van der Waals surface area contributed by atoms with Crippen LogP contribution < -0.4 is 5.48 Å². The predicted octanol–water partition coefficient (Wildman–Crippen LogP) is 2.65. The topological polar surface area (TPSA) is 45.1 Å². The highest BCUT2D eigenvalue weighted by Crippen LogP contribution is 2.43. The fraction of sp³-hybridized carbons (Fsp3) is 0.364. The molecule has 0 spiro atoms. The molecule has 78 valence electrons. The van der Waals surface area contributed by atoms with E-state index in [9.17, 15) is 0 Å². The first-order chi connectivity index (χ1) is 7.38. The Morgan fingerprint density at radius 2 is 2.33 bits per heavy atom. The molecule has 0 saturated heterocycles. The van der Waals surface area contributed by atoms with Crippen molar-refractivity contribution in [3.05, 3.63) is 28.8 Å². The first kappa shape index (κ1) is 9.27. The summed E-state index contributed by atoms with van der Waals surface area (Å²) in [7, 11) is 0. The van der Waals surface area contributed by atoms with E-state index in [0.29, 0.717) is 12.5 Å². The average Bonchev–Trinajstić information content (AvgIpc) is 2.99. The van der Waals surface area contributed by atoms with Crippen LogP contribution in [0.15, 0.2) is 18.2 Å². The Morgan fingerprint density at radius 1 is 1.47 bits per heavy atom. The molecule has 15 heavy (non-hydrogen) atoms. The van der Waals surface area contributed by atoms with Crippen LogP contribution in [-0.2, 0) is 6.54 Å². The van der Waals surface area contributed by atoms with Gasteiger partial charge in [-0.2, -0.15) is 0 Å². The third-order valence-corrected chi connectivity index (χ3v) is 3.90. The zero-order valence-electron chi connectivity index (χ0n) is 8.23. The van der Waals surface area contributed by atoms with E-state index in [2.05, 4.69) is 16.5 Å². The van der Waals surface area contributed by atoms with Crippen molar-refractivity contribution in [1.82, 2.24) is 10.5 Å². The summed E-state index contributed by atoms with van der Waals surface area (Å²) >= 11 is 1.79. The van der Waals surface area contributed by atoms with E-state index >= 15 is 0 Å². The van der Waals surface area contributed by atoms with Crippen LogP contribution in [0.3, 0.4) is 0 Å². The normalized spacial score (nSPS) is 16.1. The lowest BCUT2D eigenvalue weighted by molar-refractivity contribution is 0.161. The van der Waals surface area contributed by atoms with Gasteiger partial charge in [0.05, 0.1) is 15.2 Å². The zero-order valence-corrected chi connectivity index (χ0v) is 9.05. The highest BCUT2D eigenvalue weighted by molar-refractivity contribution is 7.18. The summed E-state index contributed by atoms with van der Waals surface area (Å²) in [6, 6.07) is 6.12. The Balaban J connectivity index is 2.11. The minimum Gasteiger partial charge on any atom is -0.316 e. The largest absolute Gasteiger partial charge is 0.316 e. The van der Waals surface area contributed by atoms with E-state index in [4.69, 9.17) is 5.21 Å². The van der Waals surface area contributed by atoms with Crippen LogP contribution in [0.4, 0.5) is 0 Å². The number of hydrogen-bond acceptors (Lipinski definition) is 4. The van der Waals surface area contributed by atoms with E-state index in [1.54, 1.807) is 11.3 Å². The van der Waals surface area contributed by atoms with Crippen molar-refractivity contribution in [3.8, 4) is 0 Å². The van der Waals surface area contributed by atoms with Crippen LogP contribution in [0.5, 0.6) is 0 Å². The number of para-hydroxylation sites is 1. The number of fused-ring (bicyclic) bond motifs is 1. The molecule has 1 saturated carbocycles. The van der Waals surface area contributed by atoms with Gasteiger partial charge in [0, 0.05) is 12.5 Å². The SMILES string of the molecule is ONCc1cccc2sc(C3CC3)nc12. The third kappa shape index (κ3) is 1.65. The van der Waals surface area contributed by atoms with Gasteiger partial charge in [-0.15, -0.1) is 11.3 Å². The Kier molecular flexibility index (Phi) is 2.20. The lowest BCUT2D eigenvalue weighted by atomic mass is 10.2. The van der Waals surface area contributed by atoms with Crippen molar-refractivity contribution < 1.29 is 5.21 Å². The van der Waals surface area contributed by atoms with Gasteiger partial charge in [0.15, 0.2) is 0 Å². The van der Waals surface area contributed by atoms with Gasteiger partial charge in [-0.25, -0.2) is 10.5 Å². The number of nitrogens with zero attached hydrogens (tertiary/aromatic N) is 1. The Hall–Kier alpha value is -0.970. The van der Waals surface area contributed by atoms with Gasteiger partial charge in [-0.05, 0) is 24.5 Å².